The van der Waals surface area contributed by atoms with Crippen molar-refractivity contribution in [3.63, 3.8) is 0 Å². The van der Waals surface area contributed by atoms with Crippen molar-refractivity contribution in [2.45, 2.75) is 18.6 Å². The van der Waals surface area contributed by atoms with Gasteiger partial charge in [0.25, 0.3) is 0 Å². The first kappa shape index (κ1) is 20.6. The number of rotatable bonds is 6. The summed E-state index contributed by atoms with van der Waals surface area (Å²) in [5.74, 6) is -0.968. The molecule has 3 rings (SSSR count). The fraction of sp³-hybridized carbons (Fsp3) is 0.471. The second-order valence-corrected chi connectivity index (χ2v) is 8.27. The van der Waals surface area contributed by atoms with Crippen molar-refractivity contribution in [2.24, 2.45) is 5.92 Å². The monoisotopic (exact) mass is 420 g/mol. The number of alkyl halides is 3. The van der Waals surface area contributed by atoms with Crippen molar-refractivity contribution in [1.29, 1.82) is 0 Å². The van der Waals surface area contributed by atoms with Crippen LogP contribution in [0.3, 0.4) is 0 Å². The number of aromatic nitrogens is 1. The predicted octanol–water partition coefficient (Wildman–Crippen LogP) is 2.69. The van der Waals surface area contributed by atoms with Crippen LogP contribution in [-0.2, 0) is 20.9 Å². The van der Waals surface area contributed by atoms with Crippen molar-refractivity contribution in [3.05, 3.63) is 36.4 Å². The van der Waals surface area contributed by atoms with Gasteiger partial charge in [-0.05, 0) is 30.7 Å². The number of nitrogens with zero attached hydrogens (tertiary/aromatic N) is 1. The number of benzene rings is 1. The molecule has 2 heterocycles. The number of sulfonamides is 1. The fourth-order valence-electron chi connectivity index (χ4n) is 2.85. The van der Waals surface area contributed by atoms with E-state index in [-0.39, 0.29) is 24.3 Å². The first-order valence-corrected chi connectivity index (χ1v) is 10.3. The van der Waals surface area contributed by atoms with Gasteiger partial charge in [-0.1, -0.05) is 0 Å². The molecule has 0 bridgehead atoms. The van der Waals surface area contributed by atoms with Gasteiger partial charge in [-0.2, -0.15) is 13.2 Å². The van der Waals surface area contributed by atoms with Crippen LogP contribution in [-0.4, -0.2) is 45.5 Å². The highest BCUT2D eigenvalue weighted by atomic mass is 32.2. The summed E-state index contributed by atoms with van der Waals surface area (Å²) in [6.07, 6.45) is -2.04. The molecule has 1 aliphatic rings. The molecule has 28 heavy (non-hydrogen) atoms. The van der Waals surface area contributed by atoms with Crippen LogP contribution in [0.1, 0.15) is 12.3 Å². The lowest BCUT2D eigenvalue weighted by atomic mass is 9.98. The molecule has 0 spiro atoms. The number of ether oxygens (including phenoxy) is 2. The Morgan fingerprint density at radius 1 is 1.29 bits per heavy atom. The average molecular weight is 420 g/mol. The van der Waals surface area contributed by atoms with E-state index in [2.05, 4.69) is 14.1 Å². The summed E-state index contributed by atoms with van der Waals surface area (Å²) in [5, 5.41) is 0. The molecule has 11 heteroatoms. The van der Waals surface area contributed by atoms with Gasteiger partial charge in [0, 0.05) is 24.1 Å². The topological polar surface area (TPSA) is 90.7 Å². The van der Waals surface area contributed by atoms with Gasteiger partial charge in [0.1, 0.15) is 17.7 Å². The van der Waals surface area contributed by atoms with E-state index in [1.165, 1.54) is 0 Å². The second kappa shape index (κ2) is 8.10. The number of nitrogens with one attached hydrogen (secondary N) is 1. The normalized spacial score (nSPS) is 20.9. The van der Waals surface area contributed by atoms with Crippen LogP contribution in [0, 0.1) is 5.92 Å². The number of hydrogen-bond donors (Lipinski definition) is 1. The van der Waals surface area contributed by atoms with Gasteiger partial charge in [0.15, 0.2) is 0 Å². The van der Waals surface area contributed by atoms with Gasteiger partial charge in [-0.3, -0.25) is 0 Å². The molecule has 2 unspecified atom stereocenters. The predicted molar refractivity (Wildman–Crippen MR) is 93.1 cm³/mol. The maximum absolute atomic E-state index is 12.6. The first-order valence-electron chi connectivity index (χ1n) is 8.43. The van der Waals surface area contributed by atoms with Crippen molar-refractivity contribution >= 4 is 10.0 Å². The number of hydrogen-bond acceptors (Lipinski definition) is 6. The minimum atomic E-state index is -4.64. The third kappa shape index (κ3) is 5.46. The summed E-state index contributed by atoms with van der Waals surface area (Å²) >= 11 is 0. The summed E-state index contributed by atoms with van der Waals surface area (Å²) < 4.78 is 78.8. The molecule has 2 aromatic rings. The van der Waals surface area contributed by atoms with E-state index in [0.717, 1.165) is 12.5 Å². The summed E-state index contributed by atoms with van der Waals surface area (Å²) in [4.78, 5) is 3.43. The highest BCUT2D eigenvalue weighted by Crippen LogP contribution is 2.31. The Balaban J connectivity index is 1.62. The zero-order chi connectivity index (χ0) is 20.4. The lowest BCUT2D eigenvalue weighted by molar-refractivity contribution is -0.157. The molecule has 2 atom stereocenters. The van der Waals surface area contributed by atoms with Crippen LogP contribution in [0.15, 0.2) is 34.9 Å². The molecule has 1 aromatic carbocycles. The van der Waals surface area contributed by atoms with E-state index < -0.39 is 22.1 Å². The molecule has 0 aliphatic carbocycles. The lowest BCUT2D eigenvalue weighted by Crippen LogP contribution is -2.47. The van der Waals surface area contributed by atoms with Crippen LogP contribution in [0.2, 0.25) is 0 Å². The Hall–Kier alpha value is -2.11. The minimum absolute atomic E-state index is 0.0666. The van der Waals surface area contributed by atoms with E-state index >= 15 is 0 Å². The molecule has 0 saturated carbocycles. The first-order chi connectivity index (χ1) is 13.1. The van der Waals surface area contributed by atoms with Crippen LogP contribution in [0.25, 0.3) is 11.3 Å². The Morgan fingerprint density at radius 3 is 2.61 bits per heavy atom. The molecule has 0 radical (unpaired) electrons. The fourth-order valence-corrected chi connectivity index (χ4v) is 3.71. The zero-order valence-electron chi connectivity index (χ0n) is 14.9. The molecule has 1 fully saturated rings. The second-order valence-electron chi connectivity index (χ2n) is 6.49. The quantitative estimate of drug-likeness (QED) is 0.773. The summed E-state index contributed by atoms with van der Waals surface area (Å²) in [7, 11) is -3.34. The van der Waals surface area contributed by atoms with E-state index in [1.54, 1.807) is 24.3 Å². The van der Waals surface area contributed by atoms with E-state index in [0.29, 0.717) is 30.9 Å². The van der Waals surface area contributed by atoms with Gasteiger partial charge in [0.05, 0.1) is 19.5 Å². The average Bonchev–Trinajstić information content (AvgIpc) is 3.11. The zero-order valence-corrected chi connectivity index (χ0v) is 15.7. The van der Waals surface area contributed by atoms with Gasteiger partial charge in [0.2, 0.25) is 10.0 Å². The molecule has 154 valence electrons. The lowest BCUT2D eigenvalue weighted by Gasteiger charge is -2.31. The van der Waals surface area contributed by atoms with Crippen molar-refractivity contribution in [2.75, 3.05) is 26.1 Å². The van der Waals surface area contributed by atoms with Gasteiger partial charge in [-0.15, -0.1) is 0 Å². The largest absolute Gasteiger partial charge is 0.493 e. The van der Waals surface area contributed by atoms with Crippen LogP contribution in [0.5, 0.6) is 5.75 Å². The van der Waals surface area contributed by atoms with Crippen LogP contribution in [0.4, 0.5) is 13.2 Å². The molecule has 1 aromatic heterocycles. The van der Waals surface area contributed by atoms with Crippen LogP contribution < -0.4 is 9.46 Å². The van der Waals surface area contributed by atoms with Gasteiger partial charge >= 0.3 is 12.1 Å². The third-order valence-electron chi connectivity index (χ3n) is 4.20. The van der Waals surface area contributed by atoms with E-state index in [4.69, 9.17) is 9.47 Å². The van der Waals surface area contributed by atoms with Crippen molar-refractivity contribution in [3.8, 4) is 17.0 Å². The Kier molecular flexibility index (Phi) is 5.96. The summed E-state index contributed by atoms with van der Waals surface area (Å²) in [5.41, 5.74) is 0.515. The van der Waals surface area contributed by atoms with E-state index in [9.17, 15) is 21.6 Å². The minimum Gasteiger partial charge on any atom is -0.493 e. The van der Waals surface area contributed by atoms with Crippen molar-refractivity contribution < 1.29 is 35.5 Å². The molecule has 1 N–H and O–H groups in total. The molecule has 7 nitrogen and oxygen atoms in total. The SMILES string of the molecule is CS(=O)(=O)NC1CCOCC1COc1ccc(-c2coc(C(F)(F)F)n2)cc1. The Morgan fingerprint density at radius 2 is 2.00 bits per heavy atom. The van der Waals surface area contributed by atoms with E-state index in [1.807, 2.05) is 0 Å². The highest BCUT2D eigenvalue weighted by molar-refractivity contribution is 7.88. The van der Waals surface area contributed by atoms with Crippen LogP contribution >= 0.6 is 0 Å². The maximum atomic E-state index is 12.6. The summed E-state index contributed by atoms with van der Waals surface area (Å²) in [6, 6.07) is 6.05. The Bertz CT molecular complexity index is 896. The van der Waals surface area contributed by atoms with Crippen molar-refractivity contribution in [1.82, 2.24) is 9.71 Å². The Labute approximate surface area is 159 Å². The van der Waals surface area contributed by atoms with Gasteiger partial charge in [-0.25, -0.2) is 18.1 Å². The highest BCUT2D eigenvalue weighted by Gasteiger charge is 2.37. The smallest absolute Gasteiger partial charge is 0.468 e. The number of halogens is 3. The summed E-state index contributed by atoms with van der Waals surface area (Å²) in [6.45, 7) is 1.06. The molecular weight excluding hydrogens is 401 g/mol. The number of oxazole rings is 1. The third-order valence-corrected chi connectivity index (χ3v) is 4.93. The maximum Gasteiger partial charge on any atom is 0.468 e. The molecule has 1 aliphatic heterocycles. The molecular formula is C17H19F3N2O5S. The van der Waals surface area contributed by atoms with Gasteiger partial charge < -0.3 is 13.9 Å². The standard InChI is InChI=1S/C17H19F3N2O5S/c1-28(23,24)22-14-6-7-25-8-12(14)9-26-13-4-2-11(3-5-13)15-10-27-16(21-15)17(18,19)20/h2-5,10,12,14,22H,6-9H2,1H3. The molecule has 0 amide bonds. The molecule has 1 saturated heterocycles.